The Bertz CT molecular complexity index is 1060. The van der Waals surface area contributed by atoms with Crippen molar-refractivity contribution < 1.29 is 23.0 Å². The van der Waals surface area contributed by atoms with Crippen LogP contribution in [0.5, 0.6) is 11.6 Å². The first-order valence-electron chi connectivity index (χ1n) is 9.09. The molecule has 0 saturated carbocycles. The van der Waals surface area contributed by atoms with Gasteiger partial charge in [-0.1, -0.05) is 0 Å². The van der Waals surface area contributed by atoms with Crippen LogP contribution in [0.1, 0.15) is 17.5 Å². The van der Waals surface area contributed by atoms with E-state index in [2.05, 4.69) is 19.9 Å². The first-order valence-corrected chi connectivity index (χ1v) is 9.09. The molecule has 0 radical (unpaired) electrons. The molecule has 1 atom stereocenters. The van der Waals surface area contributed by atoms with E-state index in [-0.39, 0.29) is 23.1 Å². The molecule has 3 heterocycles. The number of nitrogens with zero attached hydrogens (tertiary/aromatic N) is 5. The number of phenols is 1. The number of aromatic nitrogens is 4. The van der Waals surface area contributed by atoms with E-state index in [4.69, 9.17) is 4.74 Å². The van der Waals surface area contributed by atoms with E-state index in [0.29, 0.717) is 23.2 Å². The van der Waals surface area contributed by atoms with Crippen molar-refractivity contribution in [2.24, 2.45) is 7.05 Å². The summed E-state index contributed by atoms with van der Waals surface area (Å²) in [6.45, 7) is 3.24. The van der Waals surface area contributed by atoms with E-state index in [1.54, 1.807) is 11.6 Å². The third-order valence-corrected chi connectivity index (χ3v) is 5.06. The van der Waals surface area contributed by atoms with Crippen LogP contribution in [0.25, 0.3) is 22.7 Å². The molecular weight excluding hydrogens is 387 g/mol. The number of phenolic OH excluding ortho intramolecular Hbond substituents is 1. The number of halogens is 3. The number of likely N-dealkylation sites (N-methyl/N-ethyl adjacent to an activating group) is 1. The predicted molar refractivity (Wildman–Crippen MR) is 99.7 cm³/mol. The van der Waals surface area contributed by atoms with Crippen LogP contribution in [-0.4, -0.2) is 55.8 Å². The summed E-state index contributed by atoms with van der Waals surface area (Å²) >= 11 is 0. The molecule has 1 aromatic carbocycles. The van der Waals surface area contributed by atoms with Crippen molar-refractivity contribution in [3.63, 3.8) is 0 Å². The van der Waals surface area contributed by atoms with Crippen molar-refractivity contribution in [3.05, 3.63) is 29.5 Å². The highest BCUT2D eigenvalue weighted by atomic mass is 19.4. The van der Waals surface area contributed by atoms with Gasteiger partial charge in [0.15, 0.2) is 5.65 Å². The summed E-state index contributed by atoms with van der Waals surface area (Å²) in [6, 6.07) is 1.69. The first kappa shape index (κ1) is 19.4. The Kier molecular flexibility index (Phi) is 4.60. The van der Waals surface area contributed by atoms with Gasteiger partial charge in [-0.3, -0.25) is 0 Å². The molecule has 4 rings (SSSR count). The third kappa shape index (κ3) is 3.59. The van der Waals surface area contributed by atoms with E-state index in [1.807, 2.05) is 7.05 Å². The molecule has 1 fully saturated rings. The lowest BCUT2D eigenvalue weighted by Crippen LogP contribution is -2.21. The number of hydrogen-bond donors (Lipinski definition) is 1. The van der Waals surface area contributed by atoms with Gasteiger partial charge in [0.2, 0.25) is 11.5 Å². The average molecular weight is 407 g/mol. The molecule has 0 bridgehead atoms. The number of hydrogen-bond acceptors (Lipinski definition) is 6. The second-order valence-electron chi connectivity index (χ2n) is 7.33. The van der Waals surface area contributed by atoms with E-state index in [1.165, 1.54) is 13.1 Å². The van der Waals surface area contributed by atoms with Gasteiger partial charge in [0.05, 0.1) is 17.3 Å². The highest BCUT2D eigenvalue weighted by molar-refractivity contribution is 5.78. The molecule has 7 nitrogen and oxygen atoms in total. The van der Waals surface area contributed by atoms with Gasteiger partial charge in [0.25, 0.3) is 0 Å². The normalized spacial score (nSPS) is 17.9. The van der Waals surface area contributed by atoms with Gasteiger partial charge in [-0.25, -0.2) is 9.97 Å². The molecule has 1 aliphatic rings. The largest absolute Gasteiger partial charge is 0.507 e. The topological polar surface area (TPSA) is 76.3 Å². The van der Waals surface area contributed by atoms with Gasteiger partial charge in [0.1, 0.15) is 17.7 Å². The van der Waals surface area contributed by atoms with Crippen LogP contribution in [0.15, 0.2) is 18.3 Å². The Morgan fingerprint density at radius 2 is 1.97 bits per heavy atom. The summed E-state index contributed by atoms with van der Waals surface area (Å²) in [5, 5.41) is 10.3. The number of rotatable bonds is 3. The van der Waals surface area contributed by atoms with Crippen LogP contribution >= 0.6 is 0 Å². The van der Waals surface area contributed by atoms with Crippen molar-refractivity contribution in [1.82, 2.24) is 24.4 Å². The summed E-state index contributed by atoms with van der Waals surface area (Å²) in [4.78, 5) is 15.3. The minimum absolute atomic E-state index is 0.0242. The van der Waals surface area contributed by atoms with Gasteiger partial charge < -0.3 is 19.3 Å². The van der Waals surface area contributed by atoms with Crippen LogP contribution in [0.4, 0.5) is 13.2 Å². The van der Waals surface area contributed by atoms with E-state index in [0.717, 1.165) is 25.6 Å². The summed E-state index contributed by atoms with van der Waals surface area (Å²) in [7, 11) is 3.69. The second-order valence-corrected chi connectivity index (χ2v) is 7.33. The second kappa shape index (κ2) is 6.87. The number of fused-ring (bicyclic) bond motifs is 1. The molecular formula is C19H20F3N5O2. The average Bonchev–Trinajstić information content (AvgIpc) is 3.17. The summed E-state index contributed by atoms with van der Waals surface area (Å²) in [5.74, 6) is 0.124. The Hall–Kier alpha value is -2.88. The van der Waals surface area contributed by atoms with Crippen LogP contribution in [0.2, 0.25) is 0 Å². The minimum Gasteiger partial charge on any atom is -0.507 e. The first-order chi connectivity index (χ1) is 13.6. The number of aryl methyl sites for hydroxylation is 2. The standard InChI is InChI=1S/C19H20F3N5O2/c1-10-6-11(19(20,21)22)7-13(28)15(10)17-25-16-18(27(17)3)23-8-14(24-16)29-12-4-5-26(2)9-12/h6-8,12,28H,4-5,9H2,1-3H3. The van der Waals surface area contributed by atoms with Gasteiger partial charge >= 0.3 is 6.18 Å². The molecule has 0 spiro atoms. The smallest absolute Gasteiger partial charge is 0.416 e. The molecule has 1 unspecified atom stereocenters. The summed E-state index contributed by atoms with van der Waals surface area (Å²) in [6.07, 6.45) is -2.12. The number of imidazole rings is 1. The van der Waals surface area contributed by atoms with Gasteiger partial charge in [-0.05, 0) is 38.1 Å². The SMILES string of the molecule is Cc1cc(C(F)(F)F)cc(O)c1-c1nc2nc(OC3CCN(C)C3)cnc2n1C. The maximum atomic E-state index is 13.0. The van der Waals surface area contributed by atoms with Crippen LogP contribution in [-0.2, 0) is 13.2 Å². The lowest BCUT2D eigenvalue weighted by molar-refractivity contribution is -0.137. The number of benzene rings is 1. The van der Waals surface area contributed by atoms with Crippen molar-refractivity contribution in [2.75, 3.05) is 20.1 Å². The van der Waals surface area contributed by atoms with E-state index >= 15 is 0 Å². The Morgan fingerprint density at radius 1 is 1.21 bits per heavy atom. The zero-order valence-corrected chi connectivity index (χ0v) is 16.2. The molecule has 154 valence electrons. The van der Waals surface area contributed by atoms with Crippen LogP contribution in [0, 0.1) is 6.92 Å². The van der Waals surface area contributed by atoms with E-state index in [9.17, 15) is 18.3 Å². The fourth-order valence-electron chi connectivity index (χ4n) is 3.61. The molecule has 29 heavy (non-hydrogen) atoms. The molecule has 1 aliphatic heterocycles. The van der Waals surface area contributed by atoms with Gasteiger partial charge in [-0.15, -0.1) is 0 Å². The lowest BCUT2D eigenvalue weighted by Gasteiger charge is -2.13. The quantitative estimate of drug-likeness (QED) is 0.719. The van der Waals surface area contributed by atoms with E-state index < -0.39 is 17.5 Å². The predicted octanol–water partition coefficient (Wildman–Crippen LogP) is 3.15. The monoisotopic (exact) mass is 407 g/mol. The highest BCUT2D eigenvalue weighted by Gasteiger charge is 2.32. The molecule has 10 heteroatoms. The fourth-order valence-corrected chi connectivity index (χ4v) is 3.61. The minimum atomic E-state index is -4.54. The Labute approximate surface area is 164 Å². The van der Waals surface area contributed by atoms with Crippen molar-refractivity contribution in [1.29, 1.82) is 0 Å². The molecule has 3 aromatic rings. The Balaban J connectivity index is 1.72. The number of likely N-dealkylation sites (tertiary alicyclic amines) is 1. The molecule has 0 aliphatic carbocycles. The molecule has 2 aromatic heterocycles. The van der Waals surface area contributed by atoms with Crippen molar-refractivity contribution in [2.45, 2.75) is 25.6 Å². The maximum Gasteiger partial charge on any atom is 0.416 e. The van der Waals surface area contributed by atoms with Crippen LogP contribution in [0.3, 0.4) is 0 Å². The highest BCUT2D eigenvalue weighted by Crippen LogP contribution is 2.39. The number of aromatic hydroxyl groups is 1. The zero-order valence-electron chi connectivity index (χ0n) is 16.2. The zero-order chi connectivity index (χ0) is 20.9. The van der Waals surface area contributed by atoms with Gasteiger partial charge in [0, 0.05) is 20.1 Å². The summed E-state index contributed by atoms with van der Waals surface area (Å²) < 4.78 is 46.4. The molecule has 0 amide bonds. The fraction of sp³-hybridized carbons (Fsp3) is 0.421. The number of alkyl halides is 3. The summed E-state index contributed by atoms with van der Waals surface area (Å²) in [5.41, 5.74) is 0.282. The van der Waals surface area contributed by atoms with Crippen molar-refractivity contribution in [3.8, 4) is 23.0 Å². The van der Waals surface area contributed by atoms with Crippen molar-refractivity contribution >= 4 is 11.3 Å². The third-order valence-electron chi connectivity index (χ3n) is 5.06. The maximum absolute atomic E-state index is 13.0. The Morgan fingerprint density at radius 3 is 2.59 bits per heavy atom. The molecule has 1 saturated heterocycles. The molecule has 1 N–H and O–H groups in total. The van der Waals surface area contributed by atoms with Gasteiger partial charge in [-0.2, -0.15) is 18.2 Å². The van der Waals surface area contributed by atoms with Crippen LogP contribution < -0.4 is 4.74 Å². The lowest BCUT2D eigenvalue weighted by atomic mass is 10.0. The number of ether oxygens (including phenoxy) is 1.